The van der Waals surface area contributed by atoms with Gasteiger partial charge in [0, 0.05) is 19.2 Å². The molecule has 4 nitrogen and oxygen atoms in total. The van der Waals surface area contributed by atoms with E-state index in [0.29, 0.717) is 12.2 Å². The Kier molecular flexibility index (Phi) is 4.20. The first kappa shape index (κ1) is 12.9. The van der Waals surface area contributed by atoms with E-state index in [9.17, 15) is 4.79 Å². The minimum atomic E-state index is 0.0807. The number of carbonyl (C=O) groups excluding carboxylic acids is 1. The van der Waals surface area contributed by atoms with E-state index in [2.05, 4.69) is 0 Å². The first-order valence-corrected chi connectivity index (χ1v) is 6.20. The van der Waals surface area contributed by atoms with E-state index in [-0.39, 0.29) is 11.9 Å². The highest BCUT2D eigenvalue weighted by Gasteiger charge is 2.29. The normalized spacial score (nSPS) is 19.0. The predicted octanol–water partition coefficient (Wildman–Crippen LogP) is 1.95. The molecule has 1 aliphatic heterocycles. The molecule has 0 bridgehead atoms. The van der Waals surface area contributed by atoms with Crippen LogP contribution in [0.3, 0.4) is 0 Å². The number of rotatable bonds is 4. The molecule has 98 valence electrons. The molecule has 1 unspecified atom stereocenters. The SMILES string of the molecule is COCC1CCCN1C(=O)c1ccc(OC)cc1. The van der Waals surface area contributed by atoms with Gasteiger partial charge in [0.2, 0.25) is 0 Å². The summed E-state index contributed by atoms with van der Waals surface area (Å²) in [5.41, 5.74) is 0.707. The van der Waals surface area contributed by atoms with E-state index in [1.54, 1.807) is 14.2 Å². The molecule has 2 rings (SSSR count). The van der Waals surface area contributed by atoms with Gasteiger partial charge in [-0.05, 0) is 37.1 Å². The van der Waals surface area contributed by atoms with Gasteiger partial charge in [0.05, 0.1) is 19.8 Å². The average Bonchev–Trinajstić information content (AvgIpc) is 2.87. The first-order valence-electron chi connectivity index (χ1n) is 6.20. The summed E-state index contributed by atoms with van der Waals surface area (Å²) in [6.45, 7) is 1.43. The summed E-state index contributed by atoms with van der Waals surface area (Å²) < 4.78 is 10.3. The summed E-state index contributed by atoms with van der Waals surface area (Å²) in [6, 6.07) is 7.46. The van der Waals surface area contributed by atoms with Crippen molar-refractivity contribution in [2.45, 2.75) is 18.9 Å². The molecule has 1 heterocycles. The van der Waals surface area contributed by atoms with E-state index < -0.39 is 0 Å². The quantitative estimate of drug-likeness (QED) is 0.818. The summed E-state index contributed by atoms with van der Waals surface area (Å²) in [5, 5.41) is 0. The third-order valence-electron chi connectivity index (χ3n) is 3.33. The molecule has 1 amide bonds. The number of nitrogens with zero attached hydrogens (tertiary/aromatic N) is 1. The largest absolute Gasteiger partial charge is 0.497 e. The predicted molar refractivity (Wildman–Crippen MR) is 68.9 cm³/mol. The second kappa shape index (κ2) is 5.87. The monoisotopic (exact) mass is 249 g/mol. The molecule has 0 aromatic heterocycles. The van der Waals surface area contributed by atoms with Gasteiger partial charge in [-0.2, -0.15) is 0 Å². The van der Waals surface area contributed by atoms with Crippen molar-refractivity contribution in [3.8, 4) is 5.75 Å². The zero-order valence-electron chi connectivity index (χ0n) is 10.9. The minimum Gasteiger partial charge on any atom is -0.497 e. The molecule has 1 saturated heterocycles. The summed E-state index contributed by atoms with van der Waals surface area (Å²) in [5.74, 6) is 0.846. The van der Waals surface area contributed by atoms with Gasteiger partial charge in [0.1, 0.15) is 5.75 Å². The molecule has 1 aromatic rings. The number of amides is 1. The van der Waals surface area contributed by atoms with Gasteiger partial charge < -0.3 is 14.4 Å². The van der Waals surface area contributed by atoms with Crippen molar-refractivity contribution in [2.75, 3.05) is 27.4 Å². The van der Waals surface area contributed by atoms with Crippen LogP contribution >= 0.6 is 0 Å². The Morgan fingerprint density at radius 1 is 1.33 bits per heavy atom. The topological polar surface area (TPSA) is 38.8 Å². The number of hydrogen-bond donors (Lipinski definition) is 0. The van der Waals surface area contributed by atoms with Gasteiger partial charge >= 0.3 is 0 Å². The molecule has 0 saturated carbocycles. The Morgan fingerprint density at radius 2 is 2.06 bits per heavy atom. The fourth-order valence-electron chi connectivity index (χ4n) is 2.37. The Morgan fingerprint density at radius 3 is 2.67 bits per heavy atom. The molecule has 0 radical (unpaired) electrons. The Balaban J connectivity index is 2.09. The van der Waals surface area contributed by atoms with Crippen LogP contribution in [0.2, 0.25) is 0 Å². The van der Waals surface area contributed by atoms with Crippen LogP contribution in [0.5, 0.6) is 5.75 Å². The molecule has 1 fully saturated rings. The number of ether oxygens (including phenoxy) is 2. The van der Waals surface area contributed by atoms with E-state index >= 15 is 0 Å². The first-order chi connectivity index (χ1) is 8.76. The van der Waals surface area contributed by atoms with E-state index in [1.807, 2.05) is 29.2 Å². The number of hydrogen-bond acceptors (Lipinski definition) is 3. The minimum absolute atomic E-state index is 0.0807. The standard InChI is InChI=1S/C14H19NO3/c1-17-10-12-4-3-9-15(12)14(16)11-5-7-13(18-2)8-6-11/h5-8,12H,3-4,9-10H2,1-2H3. The van der Waals surface area contributed by atoms with E-state index in [1.165, 1.54) is 0 Å². The lowest BCUT2D eigenvalue weighted by atomic mass is 10.1. The molecule has 0 aliphatic carbocycles. The average molecular weight is 249 g/mol. The lowest BCUT2D eigenvalue weighted by molar-refractivity contribution is 0.0630. The maximum atomic E-state index is 12.4. The summed E-state index contributed by atoms with van der Waals surface area (Å²) in [6.07, 6.45) is 2.08. The fraction of sp³-hybridized carbons (Fsp3) is 0.500. The van der Waals surface area contributed by atoms with Gasteiger partial charge in [-0.15, -0.1) is 0 Å². The lowest BCUT2D eigenvalue weighted by Crippen LogP contribution is -2.38. The van der Waals surface area contributed by atoms with Crippen LogP contribution in [-0.2, 0) is 4.74 Å². The van der Waals surface area contributed by atoms with Crippen LogP contribution in [0.1, 0.15) is 23.2 Å². The van der Waals surface area contributed by atoms with Gasteiger partial charge in [0.25, 0.3) is 5.91 Å². The maximum Gasteiger partial charge on any atom is 0.254 e. The van der Waals surface area contributed by atoms with Crippen molar-refractivity contribution in [1.29, 1.82) is 0 Å². The van der Waals surface area contributed by atoms with Crippen molar-refractivity contribution in [2.24, 2.45) is 0 Å². The zero-order valence-corrected chi connectivity index (χ0v) is 10.9. The van der Waals surface area contributed by atoms with Crippen LogP contribution in [0.15, 0.2) is 24.3 Å². The second-order valence-corrected chi connectivity index (χ2v) is 4.48. The fourth-order valence-corrected chi connectivity index (χ4v) is 2.37. The summed E-state index contributed by atoms with van der Waals surface area (Å²) in [7, 11) is 3.29. The van der Waals surface area contributed by atoms with Crippen LogP contribution in [0.25, 0.3) is 0 Å². The molecule has 1 atom stereocenters. The van der Waals surface area contributed by atoms with Crippen molar-refractivity contribution in [3.63, 3.8) is 0 Å². The van der Waals surface area contributed by atoms with Gasteiger partial charge in [0.15, 0.2) is 0 Å². The summed E-state index contributed by atoms with van der Waals surface area (Å²) in [4.78, 5) is 14.3. The lowest BCUT2D eigenvalue weighted by Gasteiger charge is -2.24. The number of benzene rings is 1. The Labute approximate surface area is 107 Å². The highest BCUT2D eigenvalue weighted by Crippen LogP contribution is 2.21. The van der Waals surface area contributed by atoms with Crippen molar-refractivity contribution in [1.82, 2.24) is 4.90 Å². The molecular formula is C14H19NO3. The zero-order chi connectivity index (χ0) is 13.0. The van der Waals surface area contributed by atoms with Crippen LogP contribution < -0.4 is 4.74 Å². The van der Waals surface area contributed by atoms with Crippen LogP contribution in [-0.4, -0.2) is 44.2 Å². The van der Waals surface area contributed by atoms with Crippen molar-refractivity contribution in [3.05, 3.63) is 29.8 Å². The molecule has 1 aromatic carbocycles. The van der Waals surface area contributed by atoms with Crippen LogP contribution in [0.4, 0.5) is 0 Å². The van der Waals surface area contributed by atoms with Gasteiger partial charge in [-0.25, -0.2) is 0 Å². The van der Waals surface area contributed by atoms with Crippen molar-refractivity contribution < 1.29 is 14.3 Å². The Hall–Kier alpha value is -1.55. The number of methoxy groups -OCH3 is 2. The second-order valence-electron chi connectivity index (χ2n) is 4.48. The molecule has 18 heavy (non-hydrogen) atoms. The van der Waals surface area contributed by atoms with Gasteiger partial charge in [-0.3, -0.25) is 4.79 Å². The smallest absolute Gasteiger partial charge is 0.254 e. The highest BCUT2D eigenvalue weighted by molar-refractivity contribution is 5.94. The molecule has 0 N–H and O–H groups in total. The highest BCUT2D eigenvalue weighted by atomic mass is 16.5. The Bertz CT molecular complexity index is 402. The molecule has 1 aliphatic rings. The molecular weight excluding hydrogens is 230 g/mol. The number of carbonyl (C=O) groups is 1. The van der Waals surface area contributed by atoms with Crippen molar-refractivity contribution >= 4 is 5.91 Å². The molecule has 4 heteroatoms. The third-order valence-corrected chi connectivity index (χ3v) is 3.33. The number of likely N-dealkylation sites (tertiary alicyclic amines) is 1. The third kappa shape index (κ3) is 2.64. The van der Waals surface area contributed by atoms with Crippen LogP contribution in [0, 0.1) is 0 Å². The summed E-state index contributed by atoms with van der Waals surface area (Å²) >= 11 is 0. The van der Waals surface area contributed by atoms with E-state index in [4.69, 9.17) is 9.47 Å². The maximum absolute atomic E-state index is 12.4. The van der Waals surface area contributed by atoms with Gasteiger partial charge in [-0.1, -0.05) is 0 Å². The van der Waals surface area contributed by atoms with E-state index in [0.717, 1.165) is 25.1 Å². The molecule has 0 spiro atoms.